The van der Waals surface area contributed by atoms with Crippen LogP contribution in [-0.4, -0.2) is 8.80 Å². The standard InChI is InChI=1S/C46H43Si.BrH.Hf/c1-6-27-46(47(4)5,44-30(2)28-42-38(23-13-25-40(42)44)36-21-11-17-32-15-7-9-19-34(32)36)45-31(3)29-43-39(24-14-26-41(43)45)37-22-12-18-33-16-8-10-20-35(33)37;;/h7-26,28-29,44-45,47H,1,6,27H2,2-5H3;1H;/q;;+1/p-1. The molecule has 242 valence electrons. The predicted octanol–water partition coefficient (Wildman–Crippen LogP) is 13.8. The van der Waals surface area contributed by atoms with E-state index in [1.165, 1.54) is 71.9 Å². The summed E-state index contributed by atoms with van der Waals surface area (Å²) in [7, 11) is -1.30. The van der Waals surface area contributed by atoms with Crippen LogP contribution in [-0.2, 0) is 20.6 Å². The monoisotopic (exact) mass is 882 g/mol. The summed E-state index contributed by atoms with van der Waals surface area (Å²) >= 11 is 3.30. The van der Waals surface area contributed by atoms with E-state index in [4.69, 9.17) is 0 Å². The fourth-order valence-corrected chi connectivity index (χ4v) is 16.2. The minimum absolute atomic E-state index is 0.179. The van der Waals surface area contributed by atoms with Gasteiger partial charge in [0.05, 0.1) is 0 Å². The second-order valence-electron chi connectivity index (χ2n) is 14.6. The molecule has 49 heavy (non-hydrogen) atoms. The van der Waals surface area contributed by atoms with E-state index in [-0.39, 0.29) is 5.04 Å². The summed E-state index contributed by atoms with van der Waals surface area (Å²) in [6.45, 7) is 10.2. The van der Waals surface area contributed by atoms with E-state index in [0.29, 0.717) is 11.8 Å². The number of benzene rings is 6. The van der Waals surface area contributed by atoms with Crippen molar-refractivity contribution in [2.45, 2.75) is 60.8 Å². The van der Waals surface area contributed by atoms with Crippen LogP contribution in [0.1, 0.15) is 60.8 Å². The molecule has 0 saturated carbocycles. The molecule has 2 atom stereocenters. The van der Waals surface area contributed by atoms with E-state index in [0.717, 1.165) is 0 Å². The van der Waals surface area contributed by atoms with E-state index in [2.05, 4.69) is 173 Å². The van der Waals surface area contributed by atoms with E-state index >= 15 is 0 Å². The first-order chi connectivity index (χ1) is 23.9. The van der Waals surface area contributed by atoms with Crippen molar-refractivity contribution in [3.8, 4) is 22.3 Å². The Morgan fingerprint density at radius 3 is 1.47 bits per heavy atom. The molecule has 0 amide bonds. The van der Waals surface area contributed by atoms with Crippen LogP contribution in [0.2, 0.25) is 22.3 Å². The normalized spacial score (nSPS) is 17.9. The van der Waals surface area contributed by atoms with Gasteiger partial charge >= 0.3 is 301 Å². The summed E-state index contributed by atoms with van der Waals surface area (Å²) < 4.78 is 1.40. The maximum atomic E-state index is 3.99. The van der Waals surface area contributed by atoms with Gasteiger partial charge in [-0.25, -0.2) is 0 Å². The third-order valence-electron chi connectivity index (χ3n) is 11.7. The van der Waals surface area contributed by atoms with Gasteiger partial charge in [0, 0.05) is 0 Å². The number of fused-ring (bicyclic) bond motifs is 4. The molecule has 6 aromatic carbocycles. The second-order valence-corrected chi connectivity index (χ2v) is 25.3. The van der Waals surface area contributed by atoms with Crippen molar-refractivity contribution in [1.82, 2.24) is 0 Å². The fourth-order valence-electron chi connectivity index (χ4n) is 9.79. The number of halogens is 1. The predicted molar refractivity (Wildman–Crippen MR) is 216 cm³/mol. The first-order valence-electron chi connectivity index (χ1n) is 17.9. The Bertz CT molecular complexity index is 2120. The molecule has 0 nitrogen and oxygen atoms in total. The van der Waals surface area contributed by atoms with Crippen LogP contribution in [0.5, 0.6) is 0 Å². The molecule has 0 aromatic heterocycles. The van der Waals surface area contributed by atoms with Crippen molar-refractivity contribution < 1.29 is 20.6 Å². The number of hydrogen-bond donors (Lipinski definition) is 0. The first kappa shape index (κ1) is 33.1. The van der Waals surface area contributed by atoms with Gasteiger partial charge < -0.3 is 0 Å². The van der Waals surface area contributed by atoms with E-state index in [1.807, 2.05) is 0 Å². The zero-order chi connectivity index (χ0) is 33.7. The van der Waals surface area contributed by atoms with Crippen molar-refractivity contribution in [2.24, 2.45) is 0 Å². The first-order valence-corrected chi connectivity index (χ1v) is 31.1. The van der Waals surface area contributed by atoms with Crippen LogP contribution in [0.3, 0.4) is 0 Å². The molecule has 0 aliphatic heterocycles. The zero-order valence-electron chi connectivity index (χ0n) is 28.9. The molecular weight excluding hydrogens is 839 g/mol. The van der Waals surface area contributed by atoms with Crippen molar-refractivity contribution in [3.05, 3.63) is 155 Å². The SMILES string of the molecule is CC1=Cc2c(-c3cccc4ccccc34)cccc2C1C(CC[CH2][Hf][Br])(C1C(C)=Cc2c(-c3cccc4ccccc34)cccc21)[SiH](C)C. The molecule has 6 aromatic rings. The summed E-state index contributed by atoms with van der Waals surface area (Å²) in [5, 5.41) is 5.47. The van der Waals surface area contributed by atoms with E-state index < -0.39 is 29.4 Å². The molecule has 0 spiro atoms. The summed E-state index contributed by atoms with van der Waals surface area (Å²) in [6.07, 6.45) is 7.76. The van der Waals surface area contributed by atoms with E-state index in [1.54, 1.807) is 22.3 Å². The summed E-state index contributed by atoms with van der Waals surface area (Å²) in [4.78, 5) is 0. The average Bonchev–Trinajstić information content (AvgIpc) is 3.65. The van der Waals surface area contributed by atoms with Crippen LogP contribution in [0.25, 0.3) is 56.0 Å². The zero-order valence-corrected chi connectivity index (χ0v) is 35.3. The number of rotatable bonds is 9. The van der Waals surface area contributed by atoms with Crippen LogP contribution in [0, 0.1) is 0 Å². The molecule has 0 N–H and O–H groups in total. The molecule has 0 fully saturated rings. The summed E-state index contributed by atoms with van der Waals surface area (Å²) in [5.74, 6) is 0.821. The van der Waals surface area contributed by atoms with Gasteiger partial charge in [-0.05, 0) is 0 Å². The third-order valence-corrected chi connectivity index (χ3v) is 20.0. The Kier molecular flexibility index (Phi) is 9.14. The number of allylic oxidation sites excluding steroid dienone is 2. The quantitative estimate of drug-likeness (QED) is 0.100. The Hall–Kier alpha value is -3.11. The van der Waals surface area contributed by atoms with Gasteiger partial charge in [-0.15, -0.1) is 0 Å². The van der Waals surface area contributed by atoms with Crippen LogP contribution < -0.4 is 0 Å². The topological polar surface area (TPSA) is 0 Å². The van der Waals surface area contributed by atoms with Crippen LogP contribution in [0.4, 0.5) is 0 Å². The van der Waals surface area contributed by atoms with Gasteiger partial charge in [0.1, 0.15) is 0 Å². The third kappa shape index (κ3) is 5.47. The Morgan fingerprint density at radius 2 is 1.00 bits per heavy atom. The van der Waals surface area contributed by atoms with Crippen molar-refractivity contribution in [1.29, 1.82) is 0 Å². The van der Waals surface area contributed by atoms with E-state index in [9.17, 15) is 0 Å². The summed E-state index contributed by atoms with van der Waals surface area (Å²) in [5.41, 5.74) is 14.6. The minimum atomic E-state index is -1.30. The van der Waals surface area contributed by atoms with Crippen molar-refractivity contribution in [3.63, 3.8) is 0 Å². The molecule has 0 bridgehead atoms. The fraction of sp³-hybridized carbons (Fsp3) is 0.217. The molecule has 3 heteroatoms. The Balaban J connectivity index is 1.32. The van der Waals surface area contributed by atoms with Gasteiger partial charge in [0.2, 0.25) is 0 Å². The molecular formula is C46H43BrHfSi. The molecule has 0 heterocycles. The Morgan fingerprint density at radius 1 is 0.571 bits per heavy atom. The molecule has 0 saturated heterocycles. The van der Waals surface area contributed by atoms with Crippen LogP contribution in [0.15, 0.2) is 132 Å². The average molecular weight is 882 g/mol. The van der Waals surface area contributed by atoms with Gasteiger partial charge in [0.25, 0.3) is 0 Å². The molecule has 8 rings (SSSR count). The van der Waals surface area contributed by atoms with Crippen molar-refractivity contribution in [2.75, 3.05) is 0 Å². The van der Waals surface area contributed by atoms with Gasteiger partial charge in [-0.3, -0.25) is 0 Å². The molecule has 0 radical (unpaired) electrons. The van der Waals surface area contributed by atoms with Gasteiger partial charge in [0.15, 0.2) is 0 Å². The summed E-state index contributed by atoms with van der Waals surface area (Å²) in [6, 6.07) is 45.8. The van der Waals surface area contributed by atoms with Gasteiger partial charge in [-0.2, -0.15) is 0 Å². The van der Waals surface area contributed by atoms with Gasteiger partial charge in [-0.1, -0.05) is 12.1 Å². The Labute approximate surface area is 310 Å². The number of hydrogen-bond acceptors (Lipinski definition) is 0. The van der Waals surface area contributed by atoms with Crippen LogP contribution >= 0.6 is 12.3 Å². The molecule has 2 aliphatic carbocycles. The molecule has 2 aliphatic rings. The molecule has 2 unspecified atom stereocenters. The maximum absolute atomic E-state index is 3.99. The van der Waals surface area contributed by atoms with Crippen molar-refractivity contribution >= 4 is 54.8 Å². The second kappa shape index (κ2) is 13.5.